The van der Waals surface area contributed by atoms with Gasteiger partial charge in [0, 0.05) is 13.1 Å². The predicted octanol–water partition coefficient (Wildman–Crippen LogP) is 2.29. The van der Waals surface area contributed by atoms with Crippen molar-refractivity contribution in [1.82, 2.24) is 4.90 Å². The Morgan fingerprint density at radius 2 is 1.75 bits per heavy atom. The van der Waals surface area contributed by atoms with E-state index in [1.54, 1.807) is 0 Å². The van der Waals surface area contributed by atoms with Crippen molar-refractivity contribution in [3.8, 4) is 0 Å². The van der Waals surface area contributed by atoms with Gasteiger partial charge in [-0.15, -0.1) is 0 Å². The minimum Gasteiger partial charge on any atom is -0.481 e. The van der Waals surface area contributed by atoms with Crippen LogP contribution in [0.25, 0.3) is 0 Å². The molecule has 108 valence electrons. The van der Waals surface area contributed by atoms with Crippen LogP contribution in [0.5, 0.6) is 0 Å². The zero-order valence-corrected chi connectivity index (χ0v) is 10.6. The number of carboxylic acid groups (broad SMARTS) is 1. The summed E-state index contributed by atoms with van der Waals surface area (Å²) in [5.41, 5.74) is -0.488. The number of carbonyl (C=O) groups is 2. The van der Waals surface area contributed by atoms with Gasteiger partial charge in [-0.1, -0.05) is 6.07 Å². The second-order valence-electron chi connectivity index (χ2n) is 4.63. The number of aliphatic carboxylic acids is 1. The molecule has 2 amide bonds. The molecule has 0 radical (unpaired) electrons. The monoisotopic (exact) mass is 284 g/mol. The molecule has 2 rings (SSSR count). The third kappa shape index (κ3) is 3.04. The number of carbonyl (C=O) groups excluding carboxylic acids is 1. The molecule has 1 aliphatic heterocycles. The summed E-state index contributed by atoms with van der Waals surface area (Å²) in [5, 5.41) is 11.0. The van der Waals surface area contributed by atoms with Crippen LogP contribution in [0.3, 0.4) is 0 Å². The number of nitrogens with zero attached hydrogens (tertiary/aromatic N) is 1. The maximum atomic E-state index is 13.4. The average Bonchev–Trinajstić information content (AvgIpc) is 2.43. The highest BCUT2D eigenvalue weighted by Gasteiger charge is 2.27. The molecule has 0 aliphatic carbocycles. The van der Waals surface area contributed by atoms with Crippen LogP contribution in [0.2, 0.25) is 0 Å². The quantitative estimate of drug-likeness (QED) is 0.875. The number of piperidine rings is 1. The van der Waals surface area contributed by atoms with Crippen molar-refractivity contribution in [1.29, 1.82) is 0 Å². The van der Waals surface area contributed by atoms with Gasteiger partial charge in [-0.3, -0.25) is 4.79 Å². The molecule has 2 N–H and O–H groups in total. The number of urea groups is 1. The molecule has 0 bridgehead atoms. The van der Waals surface area contributed by atoms with E-state index in [-0.39, 0.29) is 13.1 Å². The number of para-hydroxylation sites is 1. The second-order valence-corrected chi connectivity index (χ2v) is 4.63. The van der Waals surface area contributed by atoms with E-state index in [0.717, 1.165) is 12.1 Å². The number of likely N-dealkylation sites (tertiary alicyclic amines) is 1. The number of nitrogens with one attached hydrogen (secondary N) is 1. The van der Waals surface area contributed by atoms with Crippen molar-refractivity contribution < 1.29 is 23.5 Å². The molecule has 0 spiro atoms. The predicted molar refractivity (Wildman–Crippen MR) is 67.3 cm³/mol. The first-order valence-electron chi connectivity index (χ1n) is 6.22. The number of rotatable bonds is 2. The summed E-state index contributed by atoms with van der Waals surface area (Å²) in [6, 6.07) is 2.68. The lowest BCUT2D eigenvalue weighted by Crippen LogP contribution is -2.42. The van der Waals surface area contributed by atoms with Gasteiger partial charge in [-0.25, -0.2) is 13.6 Å². The van der Waals surface area contributed by atoms with E-state index >= 15 is 0 Å². The molecule has 1 aromatic carbocycles. The molecule has 0 aromatic heterocycles. The van der Waals surface area contributed by atoms with Crippen LogP contribution >= 0.6 is 0 Å². The van der Waals surface area contributed by atoms with Crippen molar-refractivity contribution >= 4 is 17.7 Å². The van der Waals surface area contributed by atoms with Gasteiger partial charge in [0.2, 0.25) is 0 Å². The van der Waals surface area contributed by atoms with Crippen molar-refractivity contribution in [2.75, 3.05) is 18.4 Å². The zero-order chi connectivity index (χ0) is 14.7. The summed E-state index contributed by atoms with van der Waals surface area (Å²) < 4.78 is 26.8. The van der Waals surface area contributed by atoms with Gasteiger partial charge in [-0.2, -0.15) is 0 Å². The lowest BCUT2D eigenvalue weighted by molar-refractivity contribution is -0.143. The molecular formula is C13H14F2N2O3. The topological polar surface area (TPSA) is 69.6 Å². The number of hydrogen-bond donors (Lipinski definition) is 2. The van der Waals surface area contributed by atoms with E-state index in [9.17, 15) is 18.4 Å². The van der Waals surface area contributed by atoms with Gasteiger partial charge in [0.25, 0.3) is 0 Å². The first-order valence-corrected chi connectivity index (χ1v) is 6.22. The summed E-state index contributed by atoms with van der Waals surface area (Å²) in [5.74, 6) is -3.05. The molecule has 0 saturated carbocycles. The summed E-state index contributed by atoms with van der Waals surface area (Å²) in [6.45, 7) is 0.498. The Hall–Kier alpha value is -2.18. The van der Waals surface area contributed by atoms with Crippen LogP contribution in [0.15, 0.2) is 18.2 Å². The standard InChI is InChI=1S/C13H14F2N2O3/c14-9-2-1-3-10(15)11(9)16-13(20)17-6-4-8(5-7-17)12(18)19/h1-3,8H,4-7H2,(H,16,20)(H,18,19). The highest BCUT2D eigenvalue weighted by atomic mass is 19.1. The third-order valence-corrected chi connectivity index (χ3v) is 3.33. The lowest BCUT2D eigenvalue weighted by atomic mass is 9.97. The molecule has 1 fully saturated rings. The van der Waals surface area contributed by atoms with Gasteiger partial charge >= 0.3 is 12.0 Å². The zero-order valence-electron chi connectivity index (χ0n) is 10.6. The first kappa shape index (κ1) is 14.2. The highest BCUT2D eigenvalue weighted by Crippen LogP contribution is 2.21. The minimum absolute atomic E-state index is 0.249. The van der Waals surface area contributed by atoms with Gasteiger partial charge in [-0.05, 0) is 25.0 Å². The fourth-order valence-corrected chi connectivity index (χ4v) is 2.13. The number of halogens is 2. The fourth-order valence-electron chi connectivity index (χ4n) is 2.13. The Morgan fingerprint density at radius 1 is 1.20 bits per heavy atom. The lowest BCUT2D eigenvalue weighted by Gasteiger charge is -2.30. The molecule has 1 saturated heterocycles. The summed E-state index contributed by atoms with van der Waals surface area (Å²) in [4.78, 5) is 24.0. The van der Waals surface area contributed by atoms with Crippen molar-refractivity contribution in [3.05, 3.63) is 29.8 Å². The van der Waals surface area contributed by atoms with Crippen LogP contribution < -0.4 is 5.32 Å². The van der Waals surface area contributed by atoms with Gasteiger partial charge < -0.3 is 15.3 Å². The van der Waals surface area contributed by atoms with E-state index in [1.165, 1.54) is 11.0 Å². The van der Waals surface area contributed by atoms with Crippen LogP contribution in [-0.4, -0.2) is 35.1 Å². The van der Waals surface area contributed by atoms with Gasteiger partial charge in [0.1, 0.15) is 17.3 Å². The van der Waals surface area contributed by atoms with E-state index in [0.29, 0.717) is 12.8 Å². The van der Waals surface area contributed by atoms with Crippen molar-refractivity contribution in [2.45, 2.75) is 12.8 Å². The Bertz CT molecular complexity index is 508. The summed E-state index contributed by atoms with van der Waals surface area (Å²) >= 11 is 0. The Morgan fingerprint density at radius 3 is 2.25 bits per heavy atom. The molecule has 1 aliphatic rings. The van der Waals surface area contributed by atoms with Crippen LogP contribution in [-0.2, 0) is 4.79 Å². The molecule has 20 heavy (non-hydrogen) atoms. The second kappa shape index (κ2) is 5.85. The molecule has 7 heteroatoms. The largest absolute Gasteiger partial charge is 0.481 e. The van der Waals surface area contributed by atoms with E-state index in [4.69, 9.17) is 5.11 Å². The van der Waals surface area contributed by atoms with E-state index in [2.05, 4.69) is 5.32 Å². The average molecular weight is 284 g/mol. The van der Waals surface area contributed by atoms with Gasteiger partial charge in [0.15, 0.2) is 0 Å². The maximum absolute atomic E-state index is 13.4. The summed E-state index contributed by atoms with van der Waals surface area (Å²) in [6.07, 6.45) is 0.672. The van der Waals surface area contributed by atoms with Crippen molar-refractivity contribution in [3.63, 3.8) is 0 Å². The number of carboxylic acids is 1. The first-order chi connectivity index (χ1) is 9.49. The van der Waals surface area contributed by atoms with Crippen LogP contribution in [0.4, 0.5) is 19.3 Å². The molecular weight excluding hydrogens is 270 g/mol. The fraction of sp³-hybridized carbons (Fsp3) is 0.385. The number of hydrogen-bond acceptors (Lipinski definition) is 2. The number of benzene rings is 1. The van der Waals surface area contributed by atoms with Crippen LogP contribution in [0.1, 0.15) is 12.8 Å². The molecule has 5 nitrogen and oxygen atoms in total. The molecule has 0 unspecified atom stereocenters. The van der Waals surface area contributed by atoms with E-state index < -0.39 is 35.2 Å². The molecule has 0 atom stereocenters. The summed E-state index contributed by atoms with van der Waals surface area (Å²) in [7, 11) is 0. The van der Waals surface area contributed by atoms with Crippen molar-refractivity contribution in [2.24, 2.45) is 5.92 Å². The number of anilines is 1. The Balaban J connectivity index is 1.98. The maximum Gasteiger partial charge on any atom is 0.322 e. The van der Waals surface area contributed by atoms with Crippen LogP contribution in [0, 0.1) is 17.6 Å². The molecule has 1 aromatic rings. The minimum atomic E-state index is -0.884. The molecule has 1 heterocycles. The normalized spacial score (nSPS) is 16.0. The van der Waals surface area contributed by atoms with Gasteiger partial charge in [0.05, 0.1) is 5.92 Å². The third-order valence-electron chi connectivity index (χ3n) is 3.33. The smallest absolute Gasteiger partial charge is 0.322 e. The highest BCUT2D eigenvalue weighted by molar-refractivity contribution is 5.89. The van der Waals surface area contributed by atoms with E-state index in [1.807, 2.05) is 0 Å². The Kier molecular flexibility index (Phi) is 4.16. The number of amides is 2. The Labute approximate surface area is 114 Å². The SMILES string of the molecule is O=C(O)C1CCN(C(=O)Nc2c(F)cccc2F)CC1.